The number of fused-ring (bicyclic) bond motifs is 1. The maximum absolute atomic E-state index is 12.8. The van der Waals surface area contributed by atoms with E-state index in [0.29, 0.717) is 32.6 Å². The van der Waals surface area contributed by atoms with Crippen molar-refractivity contribution in [3.63, 3.8) is 0 Å². The zero-order chi connectivity index (χ0) is 20.4. The second kappa shape index (κ2) is 8.12. The predicted molar refractivity (Wildman–Crippen MR) is 110 cm³/mol. The van der Waals surface area contributed by atoms with Crippen molar-refractivity contribution in [1.29, 1.82) is 0 Å². The molecule has 2 aromatic carbocycles. The highest BCUT2D eigenvalue weighted by Gasteiger charge is 2.23. The molecule has 0 radical (unpaired) electrons. The Kier molecular flexibility index (Phi) is 5.82. The monoisotopic (exact) mass is 420 g/mol. The van der Waals surface area contributed by atoms with E-state index in [2.05, 4.69) is 5.32 Å². The summed E-state index contributed by atoms with van der Waals surface area (Å²) in [4.78, 5) is 26.3. The first-order valence-electron chi connectivity index (χ1n) is 8.37. The van der Waals surface area contributed by atoms with Crippen LogP contribution >= 0.6 is 23.2 Å². The van der Waals surface area contributed by atoms with Gasteiger partial charge in [0, 0.05) is 23.7 Å². The Morgan fingerprint density at radius 1 is 1.14 bits per heavy atom. The van der Waals surface area contributed by atoms with Crippen molar-refractivity contribution in [2.75, 3.05) is 26.0 Å². The first kappa shape index (κ1) is 20.0. The molecule has 28 heavy (non-hydrogen) atoms. The van der Waals surface area contributed by atoms with Crippen molar-refractivity contribution in [1.82, 2.24) is 4.90 Å². The molecule has 0 spiro atoms. The SMILES string of the molecule is COc1ccc2oc(C(=O)N(C)CC(=O)Nc3ccc(Cl)c(Cl)c3)c(C)c2c1. The zero-order valence-corrected chi connectivity index (χ0v) is 17.0. The Morgan fingerprint density at radius 3 is 2.57 bits per heavy atom. The number of nitrogens with zero attached hydrogens (tertiary/aromatic N) is 1. The number of anilines is 1. The van der Waals surface area contributed by atoms with E-state index >= 15 is 0 Å². The van der Waals surface area contributed by atoms with Crippen LogP contribution in [0.1, 0.15) is 16.1 Å². The summed E-state index contributed by atoms with van der Waals surface area (Å²) in [7, 11) is 3.10. The fraction of sp³-hybridized carbons (Fsp3) is 0.200. The van der Waals surface area contributed by atoms with E-state index in [1.54, 1.807) is 44.4 Å². The minimum atomic E-state index is -0.392. The average molecular weight is 421 g/mol. The Morgan fingerprint density at radius 2 is 1.89 bits per heavy atom. The molecular formula is C20H18Cl2N2O4. The van der Waals surface area contributed by atoms with Crippen molar-refractivity contribution in [3.8, 4) is 5.75 Å². The van der Waals surface area contributed by atoms with Crippen LogP contribution in [0.4, 0.5) is 5.69 Å². The molecule has 0 saturated carbocycles. The highest BCUT2D eigenvalue weighted by Crippen LogP contribution is 2.29. The number of carbonyl (C=O) groups excluding carboxylic acids is 2. The molecule has 6 nitrogen and oxygen atoms in total. The summed E-state index contributed by atoms with van der Waals surface area (Å²) in [6.45, 7) is 1.64. The van der Waals surface area contributed by atoms with Gasteiger partial charge in [0.2, 0.25) is 5.91 Å². The van der Waals surface area contributed by atoms with E-state index < -0.39 is 5.91 Å². The van der Waals surface area contributed by atoms with Crippen molar-refractivity contribution in [3.05, 3.63) is 57.8 Å². The van der Waals surface area contributed by atoms with Gasteiger partial charge in [0.25, 0.3) is 5.91 Å². The summed E-state index contributed by atoms with van der Waals surface area (Å²) in [5.41, 5.74) is 1.76. The minimum absolute atomic E-state index is 0.154. The number of nitrogens with one attached hydrogen (secondary N) is 1. The first-order chi connectivity index (χ1) is 13.3. The van der Waals surface area contributed by atoms with Gasteiger partial charge in [-0.3, -0.25) is 9.59 Å². The number of carbonyl (C=O) groups is 2. The van der Waals surface area contributed by atoms with E-state index in [1.165, 1.54) is 11.9 Å². The van der Waals surface area contributed by atoms with Gasteiger partial charge in [0.1, 0.15) is 11.3 Å². The number of rotatable bonds is 5. The number of furan rings is 1. The zero-order valence-electron chi connectivity index (χ0n) is 15.5. The Bertz CT molecular complexity index is 1060. The third-order valence-corrected chi connectivity index (χ3v) is 5.01. The van der Waals surface area contributed by atoms with Crippen LogP contribution in [-0.4, -0.2) is 37.4 Å². The minimum Gasteiger partial charge on any atom is -0.497 e. The van der Waals surface area contributed by atoms with Gasteiger partial charge >= 0.3 is 0 Å². The van der Waals surface area contributed by atoms with Gasteiger partial charge in [0.15, 0.2) is 5.76 Å². The van der Waals surface area contributed by atoms with Crippen LogP contribution < -0.4 is 10.1 Å². The fourth-order valence-corrected chi connectivity index (χ4v) is 3.06. The molecule has 146 valence electrons. The number of benzene rings is 2. The lowest BCUT2D eigenvalue weighted by Gasteiger charge is -2.16. The van der Waals surface area contributed by atoms with Crippen molar-refractivity contribution >= 4 is 51.7 Å². The standard InChI is InChI=1S/C20H18Cl2N2O4/c1-11-14-9-13(27-3)5-7-17(14)28-19(11)20(26)24(2)10-18(25)23-12-4-6-15(21)16(22)8-12/h4-9H,10H2,1-3H3,(H,23,25). The smallest absolute Gasteiger partial charge is 0.290 e. The fourth-order valence-electron chi connectivity index (χ4n) is 2.77. The van der Waals surface area contributed by atoms with E-state index in [4.69, 9.17) is 32.4 Å². The van der Waals surface area contributed by atoms with E-state index in [1.807, 2.05) is 6.07 Å². The third-order valence-electron chi connectivity index (χ3n) is 4.27. The molecule has 0 aliphatic carbocycles. The number of hydrogen-bond acceptors (Lipinski definition) is 4. The van der Waals surface area contributed by atoms with Gasteiger partial charge in [-0.25, -0.2) is 0 Å². The molecule has 0 aliphatic rings. The highest BCUT2D eigenvalue weighted by atomic mass is 35.5. The van der Waals surface area contributed by atoms with Crippen LogP contribution in [0.25, 0.3) is 11.0 Å². The number of likely N-dealkylation sites (N-methyl/N-ethyl adjacent to an activating group) is 1. The molecule has 0 atom stereocenters. The molecule has 1 aromatic heterocycles. The number of methoxy groups -OCH3 is 1. The Balaban J connectivity index is 1.73. The Labute approximate surface area is 172 Å². The lowest BCUT2D eigenvalue weighted by molar-refractivity contribution is -0.116. The first-order valence-corrected chi connectivity index (χ1v) is 9.13. The molecule has 1 heterocycles. The van der Waals surface area contributed by atoms with Gasteiger partial charge in [0.05, 0.1) is 23.7 Å². The maximum atomic E-state index is 12.8. The summed E-state index contributed by atoms with van der Waals surface area (Å²) >= 11 is 11.8. The summed E-state index contributed by atoms with van der Waals surface area (Å²) in [5, 5.41) is 4.19. The summed E-state index contributed by atoms with van der Waals surface area (Å²) in [5.74, 6) is 0.0967. The second-order valence-electron chi connectivity index (χ2n) is 6.26. The summed E-state index contributed by atoms with van der Waals surface area (Å²) < 4.78 is 10.9. The predicted octanol–water partition coefficient (Wildman–Crippen LogP) is 4.77. The average Bonchev–Trinajstić information content (AvgIpc) is 3.00. The van der Waals surface area contributed by atoms with Crippen molar-refractivity contribution in [2.24, 2.45) is 0 Å². The van der Waals surface area contributed by atoms with Gasteiger partial charge < -0.3 is 19.4 Å². The van der Waals surface area contributed by atoms with Gasteiger partial charge in [-0.2, -0.15) is 0 Å². The summed E-state index contributed by atoms with van der Waals surface area (Å²) in [6, 6.07) is 10.1. The molecular weight excluding hydrogens is 403 g/mol. The summed E-state index contributed by atoms with van der Waals surface area (Å²) in [6.07, 6.45) is 0. The quantitative estimate of drug-likeness (QED) is 0.645. The second-order valence-corrected chi connectivity index (χ2v) is 7.07. The third kappa shape index (κ3) is 4.08. The van der Waals surface area contributed by atoms with Crippen molar-refractivity contribution < 1.29 is 18.7 Å². The molecule has 8 heteroatoms. The van der Waals surface area contributed by atoms with Crippen LogP contribution in [0.3, 0.4) is 0 Å². The molecule has 3 rings (SSSR count). The molecule has 0 aliphatic heterocycles. The number of amides is 2. The molecule has 1 N–H and O–H groups in total. The van der Waals surface area contributed by atoms with E-state index in [-0.39, 0.29) is 18.2 Å². The van der Waals surface area contributed by atoms with Crippen LogP contribution in [0.5, 0.6) is 5.75 Å². The van der Waals surface area contributed by atoms with Gasteiger partial charge in [-0.05, 0) is 43.3 Å². The van der Waals surface area contributed by atoms with E-state index in [0.717, 1.165) is 5.39 Å². The largest absolute Gasteiger partial charge is 0.497 e. The maximum Gasteiger partial charge on any atom is 0.290 e. The molecule has 0 bridgehead atoms. The van der Waals surface area contributed by atoms with Crippen LogP contribution in [-0.2, 0) is 4.79 Å². The molecule has 0 unspecified atom stereocenters. The number of hydrogen-bond donors (Lipinski definition) is 1. The van der Waals surface area contributed by atoms with Crippen LogP contribution in [0.2, 0.25) is 10.0 Å². The molecule has 0 fully saturated rings. The Hall–Kier alpha value is -2.70. The molecule has 3 aromatic rings. The number of ether oxygens (including phenoxy) is 1. The van der Waals surface area contributed by atoms with Crippen LogP contribution in [0.15, 0.2) is 40.8 Å². The lowest BCUT2D eigenvalue weighted by atomic mass is 10.1. The normalized spacial score (nSPS) is 10.8. The van der Waals surface area contributed by atoms with Crippen molar-refractivity contribution in [2.45, 2.75) is 6.92 Å². The number of halogens is 2. The van der Waals surface area contributed by atoms with Gasteiger partial charge in [-0.15, -0.1) is 0 Å². The molecule has 2 amide bonds. The lowest BCUT2D eigenvalue weighted by Crippen LogP contribution is -2.35. The van der Waals surface area contributed by atoms with Crippen LogP contribution in [0, 0.1) is 6.92 Å². The number of aryl methyl sites for hydroxylation is 1. The molecule has 0 saturated heterocycles. The topological polar surface area (TPSA) is 71.8 Å². The highest BCUT2D eigenvalue weighted by molar-refractivity contribution is 6.42. The van der Waals surface area contributed by atoms with E-state index in [9.17, 15) is 9.59 Å². The van der Waals surface area contributed by atoms with Gasteiger partial charge in [-0.1, -0.05) is 23.2 Å².